The van der Waals surface area contributed by atoms with E-state index in [1.807, 2.05) is 17.9 Å². The van der Waals surface area contributed by atoms with Crippen LogP contribution in [0, 0.1) is 17.7 Å². The van der Waals surface area contributed by atoms with Crippen LogP contribution in [-0.4, -0.2) is 62.1 Å². The Bertz CT molecular complexity index is 893. The molecule has 6 nitrogen and oxygen atoms in total. The number of hydrogen-bond acceptors (Lipinski definition) is 4. The third-order valence-corrected chi connectivity index (χ3v) is 8.00. The summed E-state index contributed by atoms with van der Waals surface area (Å²) in [6.45, 7) is 10.1. The van der Waals surface area contributed by atoms with Crippen molar-refractivity contribution >= 4 is 17.5 Å². The molecule has 1 saturated carbocycles. The van der Waals surface area contributed by atoms with E-state index in [0.29, 0.717) is 38.8 Å². The number of anilines is 1. The third kappa shape index (κ3) is 6.54. The average Bonchev–Trinajstić information content (AvgIpc) is 3.08. The second-order valence-corrected chi connectivity index (χ2v) is 11.5. The fourth-order valence-corrected chi connectivity index (χ4v) is 6.13. The highest BCUT2D eigenvalue weighted by Crippen LogP contribution is 2.40. The Morgan fingerprint density at radius 3 is 2.60 bits per heavy atom. The summed E-state index contributed by atoms with van der Waals surface area (Å²) < 4.78 is 19.3. The van der Waals surface area contributed by atoms with E-state index in [4.69, 9.17) is 4.74 Å². The van der Waals surface area contributed by atoms with Crippen LogP contribution in [0.15, 0.2) is 18.2 Å². The Morgan fingerprint density at radius 1 is 1.17 bits per heavy atom. The van der Waals surface area contributed by atoms with Gasteiger partial charge in [-0.1, -0.05) is 46.0 Å². The largest absolute Gasteiger partial charge is 0.378 e. The van der Waals surface area contributed by atoms with Gasteiger partial charge in [0.2, 0.25) is 11.8 Å². The van der Waals surface area contributed by atoms with Crippen molar-refractivity contribution in [1.29, 1.82) is 0 Å². The maximum Gasteiger partial charge on any atom is 0.223 e. The predicted octanol–water partition coefficient (Wildman–Crippen LogP) is 4.26. The van der Waals surface area contributed by atoms with Gasteiger partial charge in [-0.15, -0.1) is 0 Å². The number of nitrogens with zero attached hydrogens (tertiary/aromatic N) is 2. The van der Waals surface area contributed by atoms with Gasteiger partial charge in [0.05, 0.1) is 13.2 Å². The first-order valence-electron chi connectivity index (χ1n) is 13.4. The molecule has 0 aromatic heterocycles. The van der Waals surface area contributed by atoms with E-state index in [1.165, 1.54) is 25.3 Å². The number of hydrogen-bond donors (Lipinski definition) is 1. The molecule has 194 valence electrons. The molecule has 1 aromatic rings. The van der Waals surface area contributed by atoms with Crippen molar-refractivity contribution in [2.75, 3.05) is 44.3 Å². The van der Waals surface area contributed by atoms with Gasteiger partial charge in [0.25, 0.3) is 0 Å². The van der Waals surface area contributed by atoms with Crippen molar-refractivity contribution in [3.63, 3.8) is 0 Å². The van der Waals surface area contributed by atoms with Crippen LogP contribution in [0.1, 0.15) is 71.3 Å². The molecule has 0 radical (unpaired) electrons. The predicted molar refractivity (Wildman–Crippen MR) is 136 cm³/mol. The van der Waals surface area contributed by atoms with Crippen molar-refractivity contribution in [1.82, 2.24) is 10.2 Å². The van der Waals surface area contributed by atoms with Gasteiger partial charge in [-0.2, -0.15) is 0 Å². The SMILES string of the molecule is CC(CN1CC(C)(C)c2cc(F)ccc21)NC(=O)C(CC(=O)N1CCOCC1)CC1CCCCC1. The van der Waals surface area contributed by atoms with Crippen molar-refractivity contribution < 1.29 is 18.7 Å². The van der Waals surface area contributed by atoms with E-state index in [9.17, 15) is 14.0 Å². The van der Waals surface area contributed by atoms with Gasteiger partial charge in [-0.05, 0) is 43.0 Å². The quantitative estimate of drug-likeness (QED) is 0.595. The molecule has 4 rings (SSSR count). The Balaban J connectivity index is 1.39. The zero-order valence-corrected chi connectivity index (χ0v) is 21.7. The molecule has 1 saturated heterocycles. The molecule has 2 heterocycles. The van der Waals surface area contributed by atoms with E-state index in [2.05, 4.69) is 24.1 Å². The van der Waals surface area contributed by atoms with Crippen LogP contribution in [0.2, 0.25) is 0 Å². The second kappa shape index (κ2) is 11.3. The monoisotopic (exact) mass is 487 g/mol. The molecule has 3 aliphatic rings. The molecule has 2 aliphatic heterocycles. The molecular weight excluding hydrogens is 445 g/mol. The summed E-state index contributed by atoms with van der Waals surface area (Å²) in [5.41, 5.74) is 1.91. The van der Waals surface area contributed by atoms with Crippen LogP contribution in [0.3, 0.4) is 0 Å². The highest BCUT2D eigenvalue weighted by Gasteiger charge is 2.36. The Kier molecular flexibility index (Phi) is 8.35. The standard InChI is InChI=1S/C28H42FN3O3/c1-20(18-32-19-28(2,3)24-17-23(29)9-10-25(24)32)30-27(34)22(15-21-7-5-4-6-8-21)16-26(33)31-11-13-35-14-12-31/h9-10,17,20-22H,4-8,11-16,18-19H2,1-3H3,(H,30,34). The maximum absolute atomic E-state index is 13.9. The molecule has 0 bridgehead atoms. The smallest absolute Gasteiger partial charge is 0.223 e. The van der Waals surface area contributed by atoms with Crippen molar-refractivity contribution in [3.05, 3.63) is 29.6 Å². The minimum Gasteiger partial charge on any atom is -0.378 e. The first kappa shape index (κ1) is 25.9. The summed E-state index contributed by atoms with van der Waals surface area (Å²) >= 11 is 0. The molecule has 0 spiro atoms. The summed E-state index contributed by atoms with van der Waals surface area (Å²) in [6.07, 6.45) is 7.08. The van der Waals surface area contributed by atoms with Gasteiger partial charge < -0.3 is 19.9 Å². The number of nitrogens with one attached hydrogen (secondary N) is 1. The topological polar surface area (TPSA) is 61.9 Å². The van der Waals surface area contributed by atoms with Crippen LogP contribution in [0.4, 0.5) is 10.1 Å². The molecule has 2 fully saturated rings. The molecular formula is C28H42FN3O3. The number of ether oxygens (including phenoxy) is 1. The summed E-state index contributed by atoms with van der Waals surface area (Å²) in [4.78, 5) is 30.6. The molecule has 2 amide bonds. The molecule has 1 N–H and O–H groups in total. The number of rotatable bonds is 8. The van der Waals surface area contributed by atoms with Crippen LogP contribution in [0.25, 0.3) is 0 Å². The minimum absolute atomic E-state index is 0.0116. The van der Waals surface area contributed by atoms with Gasteiger partial charge in [-0.3, -0.25) is 9.59 Å². The average molecular weight is 488 g/mol. The summed E-state index contributed by atoms with van der Waals surface area (Å²) in [6, 6.07) is 4.91. The number of benzene rings is 1. The molecule has 7 heteroatoms. The molecule has 1 aliphatic carbocycles. The Hall–Kier alpha value is -2.15. The second-order valence-electron chi connectivity index (χ2n) is 11.5. The van der Waals surface area contributed by atoms with Crippen LogP contribution in [0.5, 0.6) is 0 Å². The van der Waals surface area contributed by atoms with Crippen LogP contribution < -0.4 is 10.2 Å². The zero-order chi connectivity index (χ0) is 25.0. The molecule has 2 atom stereocenters. The fourth-order valence-electron chi connectivity index (χ4n) is 6.13. The van der Waals surface area contributed by atoms with Crippen molar-refractivity contribution in [3.8, 4) is 0 Å². The normalized spacial score (nSPS) is 21.9. The first-order valence-corrected chi connectivity index (χ1v) is 13.4. The number of carbonyl (C=O) groups is 2. The first-order chi connectivity index (χ1) is 16.7. The van der Waals surface area contributed by atoms with E-state index >= 15 is 0 Å². The number of fused-ring (bicyclic) bond motifs is 1. The highest BCUT2D eigenvalue weighted by molar-refractivity contribution is 5.86. The van der Waals surface area contributed by atoms with Gasteiger partial charge in [0, 0.05) is 55.7 Å². The summed E-state index contributed by atoms with van der Waals surface area (Å²) in [7, 11) is 0. The minimum atomic E-state index is -0.299. The number of carbonyl (C=O) groups excluding carboxylic acids is 2. The zero-order valence-electron chi connectivity index (χ0n) is 21.7. The van der Waals surface area contributed by atoms with E-state index in [0.717, 1.165) is 37.1 Å². The van der Waals surface area contributed by atoms with Crippen molar-refractivity contribution in [2.45, 2.75) is 77.2 Å². The third-order valence-electron chi connectivity index (χ3n) is 8.00. The summed E-state index contributed by atoms with van der Waals surface area (Å²) in [5.74, 6) is 0.0629. The van der Waals surface area contributed by atoms with Gasteiger partial charge >= 0.3 is 0 Å². The fraction of sp³-hybridized carbons (Fsp3) is 0.714. The van der Waals surface area contributed by atoms with E-state index in [1.54, 1.807) is 6.07 Å². The lowest BCUT2D eigenvalue weighted by Gasteiger charge is -2.31. The van der Waals surface area contributed by atoms with Crippen LogP contribution >= 0.6 is 0 Å². The van der Waals surface area contributed by atoms with Gasteiger partial charge in [0.1, 0.15) is 5.82 Å². The highest BCUT2D eigenvalue weighted by atomic mass is 19.1. The lowest BCUT2D eigenvalue weighted by molar-refractivity contribution is -0.140. The summed E-state index contributed by atoms with van der Waals surface area (Å²) in [5, 5.41) is 3.22. The van der Waals surface area contributed by atoms with Crippen molar-refractivity contribution in [2.24, 2.45) is 11.8 Å². The molecule has 2 unspecified atom stereocenters. The number of halogens is 1. The lowest BCUT2D eigenvalue weighted by Crippen LogP contribution is -2.47. The van der Waals surface area contributed by atoms with Gasteiger partial charge in [-0.25, -0.2) is 4.39 Å². The molecule has 1 aromatic carbocycles. The number of morpholine rings is 1. The lowest BCUT2D eigenvalue weighted by atomic mass is 9.81. The Labute approximate surface area is 209 Å². The van der Waals surface area contributed by atoms with E-state index < -0.39 is 0 Å². The maximum atomic E-state index is 13.9. The molecule has 35 heavy (non-hydrogen) atoms. The van der Waals surface area contributed by atoms with Crippen LogP contribution in [-0.2, 0) is 19.7 Å². The van der Waals surface area contributed by atoms with Gasteiger partial charge in [0.15, 0.2) is 0 Å². The number of amides is 2. The van der Waals surface area contributed by atoms with E-state index in [-0.39, 0.29) is 41.4 Å². The Morgan fingerprint density at radius 2 is 1.89 bits per heavy atom.